The predicted molar refractivity (Wildman–Crippen MR) is 141 cm³/mol. The summed E-state index contributed by atoms with van der Waals surface area (Å²) in [5.74, 6) is 0.0722. The Hall–Kier alpha value is -2.54. The number of ether oxygens (including phenoxy) is 1. The van der Waals surface area contributed by atoms with Crippen LogP contribution in [0.4, 0.5) is 5.69 Å². The van der Waals surface area contributed by atoms with E-state index in [1.165, 1.54) is 18.4 Å². The third kappa shape index (κ3) is 4.09. The Morgan fingerprint density at radius 2 is 1.83 bits per heavy atom. The number of piperidine rings is 1. The SMILES string of the molecule is CC[C@H]1[C@H]2C[C@H](C[C@@H]2OCc2c(C3CC3)cnn2-c2c(Cl)cccc2Cl)N1c1ccc(C(=O)O)cc1. The highest BCUT2D eigenvalue weighted by Crippen LogP contribution is 2.48. The number of halogens is 2. The maximum atomic E-state index is 11.3. The zero-order valence-electron chi connectivity index (χ0n) is 20.1. The van der Waals surface area contributed by atoms with Crippen molar-refractivity contribution in [1.29, 1.82) is 0 Å². The van der Waals surface area contributed by atoms with Crippen LogP contribution in [0.3, 0.4) is 0 Å². The lowest BCUT2D eigenvalue weighted by Gasteiger charge is -2.40. The fourth-order valence-corrected chi connectivity index (χ4v) is 6.88. The molecule has 8 heteroatoms. The number of benzene rings is 2. The normalized spacial score (nSPS) is 25.0. The third-order valence-electron chi connectivity index (χ3n) is 8.10. The number of aromatic nitrogens is 2. The van der Waals surface area contributed by atoms with Gasteiger partial charge in [0.15, 0.2) is 0 Å². The van der Waals surface area contributed by atoms with Crippen LogP contribution in [0.1, 0.15) is 66.6 Å². The number of hydrogen-bond donors (Lipinski definition) is 1. The Labute approximate surface area is 220 Å². The summed E-state index contributed by atoms with van der Waals surface area (Å²) < 4.78 is 8.53. The number of anilines is 1. The van der Waals surface area contributed by atoms with E-state index in [-0.39, 0.29) is 6.10 Å². The Morgan fingerprint density at radius 3 is 2.47 bits per heavy atom. The molecule has 0 amide bonds. The first-order valence-corrected chi connectivity index (χ1v) is 13.5. The van der Waals surface area contributed by atoms with E-state index in [1.807, 2.05) is 41.2 Å². The third-order valence-corrected chi connectivity index (χ3v) is 8.71. The molecule has 36 heavy (non-hydrogen) atoms. The van der Waals surface area contributed by atoms with Gasteiger partial charge in [-0.1, -0.05) is 36.2 Å². The standard InChI is InChI=1S/C28H29Cl2N3O3/c1-2-24-20-12-19(32(24)18-10-8-17(9-11-18)28(34)35)13-26(20)36-15-25-21(16-6-7-16)14-31-33(25)27-22(29)4-3-5-23(27)30/h3-5,8-11,14,16,19-20,24,26H,2,6-7,12-13,15H2,1H3,(H,34,35)/t19-,20-,24+,26+/m1/s1. The first kappa shape index (κ1) is 23.8. The Balaban J connectivity index is 1.22. The van der Waals surface area contributed by atoms with Gasteiger partial charge in [-0.05, 0) is 80.0 Å². The van der Waals surface area contributed by atoms with Crippen molar-refractivity contribution in [3.63, 3.8) is 0 Å². The Morgan fingerprint density at radius 1 is 1.11 bits per heavy atom. The topological polar surface area (TPSA) is 67.6 Å². The van der Waals surface area contributed by atoms with Crippen molar-refractivity contribution >= 4 is 34.9 Å². The fourth-order valence-electron chi connectivity index (χ4n) is 6.32. The second kappa shape index (κ2) is 9.40. The van der Waals surface area contributed by atoms with Gasteiger partial charge in [0.2, 0.25) is 0 Å². The number of carbonyl (C=O) groups is 1. The van der Waals surface area contributed by atoms with E-state index in [4.69, 9.17) is 27.9 Å². The lowest BCUT2D eigenvalue weighted by Crippen LogP contribution is -2.46. The Kier molecular flexibility index (Phi) is 6.22. The van der Waals surface area contributed by atoms with Gasteiger partial charge in [0, 0.05) is 23.7 Å². The summed E-state index contributed by atoms with van der Waals surface area (Å²) >= 11 is 13.1. The minimum absolute atomic E-state index is 0.173. The van der Waals surface area contributed by atoms with Crippen molar-refractivity contribution in [3.8, 4) is 5.69 Å². The number of aromatic carboxylic acids is 1. The molecule has 2 saturated carbocycles. The molecule has 2 aromatic carbocycles. The highest BCUT2D eigenvalue weighted by atomic mass is 35.5. The molecule has 0 unspecified atom stereocenters. The molecular weight excluding hydrogens is 497 g/mol. The van der Waals surface area contributed by atoms with E-state index in [0.29, 0.717) is 51.8 Å². The van der Waals surface area contributed by atoms with Crippen LogP contribution in [0.2, 0.25) is 10.0 Å². The van der Waals surface area contributed by atoms with Gasteiger partial charge in [0.05, 0.1) is 40.2 Å². The van der Waals surface area contributed by atoms with Gasteiger partial charge in [-0.3, -0.25) is 0 Å². The quantitative estimate of drug-likeness (QED) is 0.353. The second-order valence-electron chi connectivity index (χ2n) is 10.2. The second-order valence-corrected chi connectivity index (χ2v) is 11.0. The molecule has 188 valence electrons. The van der Waals surface area contributed by atoms with E-state index in [2.05, 4.69) is 16.9 Å². The number of carboxylic acid groups (broad SMARTS) is 1. The molecule has 1 aromatic heterocycles. The van der Waals surface area contributed by atoms with Crippen LogP contribution in [0, 0.1) is 5.92 Å². The summed E-state index contributed by atoms with van der Waals surface area (Å²) in [5.41, 5.74) is 4.41. The van der Waals surface area contributed by atoms with E-state index in [1.54, 1.807) is 12.1 Å². The number of carboxylic acids is 1. The molecule has 4 atom stereocenters. The maximum Gasteiger partial charge on any atom is 0.335 e. The van der Waals surface area contributed by atoms with Crippen LogP contribution >= 0.6 is 23.2 Å². The lowest BCUT2D eigenvalue weighted by molar-refractivity contribution is -0.000564. The lowest BCUT2D eigenvalue weighted by atomic mass is 9.93. The number of hydrogen-bond acceptors (Lipinski definition) is 4. The highest BCUT2D eigenvalue weighted by Gasteiger charge is 2.51. The maximum absolute atomic E-state index is 11.3. The average molecular weight is 526 g/mol. The number of para-hydroxylation sites is 1. The smallest absolute Gasteiger partial charge is 0.335 e. The van der Waals surface area contributed by atoms with E-state index >= 15 is 0 Å². The fraction of sp³-hybridized carbons (Fsp3) is 0.429. The van der Waals surface area contributed by atoms with Gasteiger partial charge in [0.25, 0.3) is 0 Å². The minimum atomic E-state index is -0.895. The van der Waals surface area contributed by atoms with Crippen molar-refractivity contribution in [2.45, 2.75) is 69.7 Å². The summed E-state index contributed by atoms with van der Waals surface area (Å²) in [6, 6.07) is 13.6. The largest absolute Gasteiger partial charge is 0.478 e. The average Bonchev–Trinajstić information content (AvgIpc) is 3.36. The van der Waals surface area contributed by atoms with Crippen LogP contribution in [0.15, 0.2) is 48.7 Å². The van der Waals surface area contributed by atoms with Crippen molar-refractivity contribution in [2.24, 2.45) is 5.92 Å². The molecule has 2 bridgehead atoms. The van der Waals surface area contributed by atoms with E-state index in [0.717, 1.165) is 30.6 Å². The molecule has 1 aliphatic heterocycles. The first-order valence-electron chi connectivity index (χ1n) is 12.7. The molecule has 1 saturated heterocycles. The summed E-state index contributed by atoms with van der Waals surface area (Å²) in [6.07, 6.45) is 7.55. The van der Waals surface area contributed by atoms with Crippen LogP contribution in [0.5, 0.6) is 0 Å². The molecule has 1 N–H and O–H groups in total. The van der Waals surface area contributed by atoms with Crippen LogP contribution < -0.4 is 4.90 Å². The summed E-state index contributed by atoms with van der Waals surface area (Å²) in [7, 11) is 0. The molecule has 2 aliphatic carbocycles. The van der Waals surface area contributed by atoms with Crippen molar-refractivity contribution in [1.82, 2.24) is 9.78 Å². The minimum Gasteiger partial charge on any atom is -0.478 e. The van der Waals surface area contributed by atoms with Gasteiger partial charge in [-0.2, -0.15) is 5.10 Å². The van der Waals surface area contributed by atoms with Crippen molar-refractivity contribution in [3.05, 3.63) is 75.5 Å². The van der Waals surface area contributed by atoms with Crippen molar-refractivity contribution < 1.29 is 14.6 Å². The monoisotopic (exact) mass is 525 g/mol. The van der Waals surface area contributed by atoms with E-state index < -0.39 is 5.97 Å². The van der Waals surface area contributed by atoms with Crippen LogP contribution in [-0.4, -0.2) is 39.0 Å². The molecule has 3 fully saturated rings. The molecular formula is C28H29Cl2N3O3. The molecule has 6 nitrogen and oxygen atoms in total. The van der Waals surface area contributed by atoms with Crippen molar-refractivity contribution in [2.75, 3.05) is 4.90 Å². The number of fused-ring (bicyclic) bond motifs is 2. The molecule has 3 aromatic rings. The molecule has 2 heterocycles. The zero-order chi connectivity index (χ0) is 25.0. The van der Waals surface area contributed by atoms with Gasteiger partial charge in [-0.15, -0.1) is 0 Å². The molecule has 6 rings (SSSR count). The number of nitrogens with zero attached hydrogens (tertiary/aromatic N) is 3. The summed E-state index contributed by atoms with van der Waals surface area (Å²) in [6.45, 7) is 2.70. The van der Waals surface area contributed by atoms with Gasteiger partial charge in [0.1, 0.15) is 5.69 Å². The molecule has 3 aliphatic rings. The predicted octanol–water partition coefficient (Wildman–Crippen LogP) is 6.72. The van der Waals surface area contributed by atoms with Gasteiger partial charge < -0.3 is 14.7 Å². The number of rotatable bonds is 8. The van der Waals surface area contributed by atoms with E-state index in [9.17, 15) is 9.90 Å². The first-order chi connectivity index (χ1) is 17.5. The van der Waals surface area contributed by atoms with Gasteiger partial charge >= 0.3 is 5.97 Å². The molecule has 0 spiro atoms. The molecule has 0 radical (unpaired) electrons. The van der Waals surface area contributed by atoms with Crippen LogP contribution in [0.25, 0.3) is 5.69 Å². The summed E-state index contributed by atoms with van der Waals surface area (Å²) in [5, 5.41) is 15.1. The highest BCUT2D eigenvalue weighted by molar-refractivity contribution is 6.37. The summed E-state index contributed by atoms with van der Waals surface area (Å²) in [4.78, 5) is 13.8. The Bertz CT molecular complexity index is 1270. The van der Waals surface area contributed by atoms with Gasteiger partial charge in [-0.25, -0.2) is 9.48 Å². The zero-order valence-corrected chi connectivity index (χ0v) is 21.6. The van der Waals surface area contributed by atoms with Crippen LogP contribution in [-0.2, 0) is 11.3 Å².